The van der Waals surface area contributed by atoms with Gasteiger partial charge in [-0.3, -0.25) is 0 Å². The molecule has 0 fully saturated rings. The van der Waals surface area contributed by atoms with Crippen LogP contribution in [0.15, 0.2) is 0 Å². The number of alkyl halides is 13. The van der Waals surface area contributed by atoms with Crippen molar-refractivity contribution >= 4 is 5.97 Å². The van der Waals surface area contributed by atoms with Gasteiger partial charge in [0.25, 0.3) is 0 Å². The smallest absolute Gasteiger partial charge is 0.460 e. The van der Waals surface area contributed by atoms with Crippen molar-refractivity contribution in [3.8, 4) is 0 Å². The molecule has 0 saturated heterocycles. The molecule has 0 bridgehead atoms. The zero-order chi connectivity index (χ0) is 38.4. The molecule has 0 aromatic rings. The first kappa shape index (κ1) is 48.2. The quantitative estimate of drug-likeness (QED) is 0.0758. The maximum Gasteiger partial charge on any atom is 0.460 e. The third kappa shape index (κ3) is 16.7. The van der Waals surface area contributed by atoms with E-state index in [-0.39, 0.29) is 66.1 Å². The molecular weight excluding hydrogens is 735 g/mol. The van der Waals surface area contributed by atoms with Crippen LogP contribution in [0.5, 0.6) is 0 Å². The van der Waals surface area contributed by atoms with Crippen LogP contribution in [0, 0.1) is 0 Å². The fraction of sp³-hybridized carbons (Fsp3) is 0.962. The fourth-order valence-corrected chi connectivity index (χ4v) is 3.08. The summed E-state index contributed by atoms with van der Waals surface area (Å²) >= 11 is 0. The maximum atomic E-state index is 13.7. The zero-order valence-corrected chi connectivity index (χ0v) is 26.4. The van der Waals surface area contributed by atoms with Crippen LogP contribution in [-0.4, -0.2) is 166 Å². The topological polar surface area (TPSA) is 120 Å². The van der Waals surface area contributed by atoms with Crippen LogP contribution in [0.1, 0.15) is 6.42 Å². The monoisotopic (exact) mass is 774 g/mol. The average Bonchev–Trinajstić information content (AvgIpc) is 3.01. The van der Waals surface area contributed by atoms with E-state index in [1.807, 2.05) is 0 Å². The molecule has 0 unspecified atom stereocenters. The number of halogens is 13. The van der Waals surface area contributed by atoms with Crippen molar-refractivity contribution in [2.75, 3.05) is 119 Å². The van der Waals surface area contributed by atoms with Crippen molar-refractivity contribution in [1.82, 2.24) is 0 Å². The summed E-state index contributed by atoms with van der Waals surface area (Å²) in [5, 5.41) is 8.38. The third-order valence-corrected chi connectivity index (χ3v) is 5.76. The highest BCUT2D eigenvalue weighted by atomic mass is 19.4. The van der Waals surface area contributed by atoms with Gasteiger partial charge in [0, 0.05) is 6.42 Å². The predicted molar refractivity (Wildman–Crippen MR) is 140 cm³/mol. The van der Waals surface area contributed by atoms with Crippen molar-refractivity contribution in [2.24, 2.45) is 0 Å². The normalized spacial score (nSPS) is 13.7. The summed E-state index contributed by atoms with van der Waals surface area (Å²) in [4.78, 5) is 10.2. The van der Waals surface area contributed by atoms with E-state index in [2.05, 4.69) is 4.74 Å². The molecule has 0 spiro atoms. The second-order valence-electron chi connectivity index (χ2n) is 9.60. The molecule has 50 heavy (non-hydrogen) atoms. The Bertz CT molecular complexity index is 898. The summed E-state index contributed by atoms with van der Waals surface area (Å²) in [6.07, 6.45) is -9.89. The van der Waals surface area contributed by atoms with E-state index in [1.165, 1.54) is 0 Å². The van der Waals surface area contributed by atoms with Gasteiger partial charge in [0.2, 0.25) is 0 Å². The number of carbonyl (C=O) groups is 1. The second kappa shape index (κ2) is 23.7. The van der Waals surface area contributed by atoms with Gasteiger partial charge in [0.15, 0.2) is 0 Å². The summed E-state index contributed by atoms with van der Waals surface area (Å²) in [6, 6.07) is 0. The van der Waals surface area contributed by atoms with E-state index in [1.54, 1.807) is 0 Å². The Balaban J connectivity index is 3.76. The second-order valence-corrected chi connectivity index (χ2v) is 9.60. The lowest BCUT2D eigenvalue weighted by Gasteiger charge is -2.39. The van der Waals surface area contributed by atoms with Crippen LogP contribution < -0.4 is 0 Å². The number of carboxylic acid groups (broad SMARTS) is 1. The Morgan fingerprint density at radius 1 is 0.360 bits per heavy atom. The van der Waals surface area contributed by atoms with Gasteiger partial charge in [-0.05, 0) is 0 Å². The zero-order valence-electron chi connectivity index (χ0n) is 26.4. The molecule has 0 aromatic heterocycles. The standard InChI is InChI=1S/C26H39F13O11/c27-21(28,22(29,30)23(31,32)24(33,34)25(35,36)26(37,38)39)1-2-42-3-4-43-5-6-44-7-8-45-9-10-46-11-12-47-13-14-48-15-16-49-17-18-50-19-20(40)41/h1-19H2,(H,40,41). The van der Waals surface area contributed by atoms with E-state index in [9.17, 15) is 61.9 Å². The Morgan fingerprint density at radius 2 is 0.600 bits per heavy atom. The summed E-state index contributed by atoms with van der Waals surface area (Å²) in [5.41, 5.74) is 0. The SMILES string of the molecule is O=C(O)COCCOCCOCCOCCOCCOCCOCCOCCOCCC(F)(F)C(F)(F)C(F)(F)C(F)(F)C(F)(F)C(F)(F)F. The molecule has 0 heterocycles. The van der Waals surface area contributed by atoms with E-state index < -0.39 is 61.4 Å². The van der Waals surface area contributed by atoms with Crippen molar-refractivity contribution in [3.05, 3.63) is 0 Å². The highest BCUT2D eigenvalue weighted by Gasteiger charge is 2.90. The van der Waals surface area contributed by atoms with Crippen molar-refractivity contribution in [2.45, 2.75) is 42.2 Å². The van der Waals surface area contributed by atoms with Crippen LogP contribution in [0.25, 0.3) is 0 Å². The van der Waals surface area contributed by atoms with Crippen LogP contribution >= 0.6 is 0 Å². The summed E-state index contributed by atoms with van der Waals surface area (Å²) in [5.74, 6) is -38.1. The van der Waals surface area contributed by atoms with Crippen molar-refractivity contribution in [3.63, 3.8) is 0 Å². The lowest BCUT2D eigenvalue weighted by atomic mass is 9.93. The first-order chi connectivity index (χ1) is 23.2. The van der Waals surface area contributed by atoms with E-state index in [0.717, 1.165) is 0 Å². The molecular formula is C26H39F13O11. The lowest BCUT2D eigenvalue weighted by molar-refractivity contribution is -0.440. The number of hydrogen-bond acceptors (Lipinski definition) is 10. The minimum atomic E-state index is -7.93. The molecule has 0 aliphatic heterocycles. The molecule has 0 amide bonds. The Morgan fingerprint density at radius 3 is 0.860 bits per heavy atom. The Labute approximate surface area is 277 Å². The van der Waals surface area contributed by atoms with Crippen LogP contribution in [-0.2, 0) is 47.4 Å². The lowest BCUT2D eigenvalue weighted by Crippen LogP contribution is -2.70. The van der Waals surface area contributed by atoms with E-state index in [0.29, 0.717) is 39.6 Å². The number of aliphatic carboxylic acids is 1. The van der Waals surface area contributed by atoms with E-state index >= 15 is 0 Å². The number of hydrogen-bond donors (Lipinski definition) is 1. The number of rotatable bonds is 33. The number of carboxylic acids is 1. The van der Waals surface area contributed by atoms with Gasteiger partial charge in [-0.2, -0.15) is 57.1 Å². The number of ether oxygens (including phenoxy) is 9. The van der Waals surface area contributed by atoms with Crippen LogP contribution in [0.2, 0.25) is 0 Å². The average molecular weight is 775 g/mol. The minimum Gasteiger partial charge on any atom is -0.480 e. The highest BCUT2D eigenvalue weighted by molar-refractivity contribution is 5.67. The summed E-state index contributed by atoms with van der Waals surface area (Å²) in [6.45, 7) is 0.217. The van der Waals surface area contributed by atoms with Crippen molar-refractivity contribution in [1.29, 1.82) is 0 Å². The van der Waals surface area contributed by atoms with Gasteiger partial charge in [-0.15, -0.1) is 0 Å². The largest absolute Gasteiger partial charge is 0.480 e. The molecule has 1 N–H and O–H groups in total. The van der Waals surface area contributed by atoms with Gasteiger partial charge < -0.3 is 47.7 Å². The van der Waals surface area contributed by atoms with Gasteiger partial charge >= 0.3 is 41.8 Å². The molecule has 300 valence electrons. The molecule has 0 aliphatic carbocycles. The minimum absolute atomic E-state index is 0.00758. The fourth-order valence-electron chi connectivity index (χ4n) is 3.08. The predicted octanol–water partition coefficient (Wildman–Crippen LogP) is 4.35. The molecule has 11 nitrogen and oxygen atoms in total. The van der Waals surface area contributed by atoms with Gasteiger partial charge in [-0.25, -0.2) is 4.79 Å². The molecule has 24 heteroatoms. The van der Waals surface area contributed by atoms with Crippen LogP contribution in [0.4, 0.5) is 57.1 Å². The molecule has 0 atom stereocenters. The highest BCUT2D eigenvalue weighted by Crippen LogP contribution is 2.60. The van der Waals surface area contributed by atoms with Gasteiger partial charge in [-0.1, -0.05) is 0 Å². The molecule has 0 radical (unpaired) electrons. The summed E-state index contributed by atoms with van der Waals surface area (Å²) < 4.78 is 215. The Hall–Kier alpha value is -1.80. The summed E-state index contributed by atoms with van der Waals surface area (Å²) in [7, 11) is 0. The molecule has 0 aliphatic rings. The Kier molecular flexibility index (Phi) is 22.8. The maximum absolute atomic E-state index is 13.7. The van der Waals surface area contributed by atoms with Gasteiger partial charge in [0.05, 0.1) is 112 Å². The first-order valence-electron chi connectivity index (χ1n) is 14.5. The molecule has 0 saturated carbocycles. The van der Waals surface area contributed by atoms with Crippen molar-refractivity contribution < 1.29 is 110 Å². The third-order valence-electron chi connectivity index (χ3n) is 5.76. The molecule has 0 rings (SSSR count). The van der Waals surface area contributed by atoms with E-state index in [4.69, 9.17) is 43.0 Å². The van der Waals surface area contributed by atoms with Gasteiger partial charge in [0.1, 0.15) is 6.61 Å². The molecule has 0 aromatic carbocycles. The van der Waals surface area contributed by atoms with Crippen LogP contribution in [0.3, 0.4) is 0 Å². The first-order valence-corrected chi connectivity index (χ1v) is 14.5.